The van der Waals surface area contributed by atoms with Crippen molar-refractivity contribution in [1.82, 2.24) is 20.1 Å². The number of aromatic nitrogens is 1. The summed E-state index contributed by atoms with van der Waals surface area (Å²) in [4.78, 5) is 31.2. The van der Waals surface area contributed by atoms with Crippen molar-refractivity contribution < 1.29 is 14.3 Å². The first-order valence-electron chi connectivity index (χ1n) is 7.04. The summed E-state index contributed by atoms with van der Waals surface area (Å²) in [7, 11) is 1.39. The first kappa shape index (κ1) is 16.7. The largest absolute Gasteiger partial charge is 0.453 e. The smallest absolute Gasteiger partial charge is 0.409 e. The molecule has 1 aliphatic rings. The number of methoxy groups -OCH3 is 1. The molecule has 0 radical (unpaired) electrons. The van der Waals surface area contributed by atoms with E-state index in [1.165, 1.54) is 13.3 Å². The summed E-state index contributed by atoms with van der Waals surface area (Å²) in [5.74, 6) is -0.137. The zero-order chi connectivity index (χ0) is 15.9. The molecule has 0 saturated carbocycles. The van der Waals surface area contributed by atoms with Crippen molar-refractivity contribution in [2.45, 2.75) is 0 Å². The van der Waals surface area contributed by atoms with E-state index in [0.29, 0.717) is 25.2 Å². The predicted molar refractivity (Wildman–Crippen MR) is 84.7 cm³/mol. The van der Waals surface area contributed by atoms with Gasteiger partial charge < -0.3 is 15.0 Å². The fourth-order valence-corrected chi connectivity index (χ4v) is 2.61. The van der Waals surface area contributed by atoms with Gasteiger partial charge in [0.05, 0.1) is 12.7 Å². The second-order valence-electron chi connectivity index (χ2n) is 4.95. The third-order valence-electron chi connectivity index (χ3n) is 3.49. The van der Waals surface area contributed by atoms with Gasteiger partial charge in [-0.1, -0.05) is 0 Å². The van der Waals surface area contributed by atoms with E-state index < -0.39 is 0 Å². The number of halogens is 1. The Morgan fingerprint density at radius 2 is 2.05 bits per heavy atom. The van der Waals surface area contributed by atoms with Crippen LogP contribution in [0.25, 0.3) is 0 Å². The minimum atomic E-state index is -0.282. The van der Waals surface area contributed by atoms with Crippen LogP contribution in [0.2, 0.25) is 0 Å². The number of carbonyl (C=O) groups is 2. The highest BCUT2D eigenvalue weighted by Gasteiger charge is 2.21. The van der Waals surface area contributed by atoms with Crippen LogP contribution in [-0.4, -0.2) is 73.2 Å². The zero-order valence-corrected chi connectivity index (χ0v) is 14.0. The lowest BCUT2D eigenvalue weighted by Gasteiger charge is -2.33. The van der Waals surface area contributed by atoms with Crippen LogP contribution in [0.15, 0.2) is 22.9 Å². The van der Waals surface area contributed by atoms with Gasteiger partial charge in [-0.25, -0.2) is 4.79 Å². The summed E-state index contributed by atoms with van der Waals surface area (Å²) in [5, 5.41) is 2.87. The van der Waals surface area contributed by atoms with Gasteiger partial charge in [0, 0.05) is 56.1 Å². The lowest BCUT2D eigenvalue weighted by molar-refractivity contribution is 0.0884. The predicted octanol–water partition coefficient (Wildman–Crippen LogP) is 0.958. The normalized spacial score (nSPS) is 15.5. The molecule has 1 fully saturated rings. The fraction of sp³-hybridized carbons (Fsp3) is 0.500. The van der Waals surface area contributed by atoms with Crippen molar-refractivity contribution in [2.75, 3.05) is 46.4 Å². The van der Waals surface area contributed by atoms with Gasteiger partial charge in [-0.15, -0.1) is 0 Å². The average molecular weight is 371 g/mol. The Morgan fingerprint density at radius 3 is 2.68 bits per heavy atom. The molecule has 2 heterocycles. The summed E-state index contributed by atoms with van der Waals surface area (Å²) in [6, 6.07) is 1.73. The Balaban J connectivity index is 1.69. The number of hydrogen-bond acceptors (Lipinski definition) is 5. The number of amides is 2. The van der Waals surface area contributed by atoms with Crippen molar-refractivity contribution in [2.24, 2.45) is 0 Å². The number of hydrogen-bond donors (Lipinski definition) is 1. The van der Waals surface area contributed by atoms with Crippen LogP contribution >= 0.6 is 15.9 Å². The lowest BCUT2D eigenvalue weighted by atomic mass is 10.2. The number of nitrogens with zero attached hydrogens (tertiary/aromatic N) is 3. The number of piperazine rings is 1. The maximum absolute atomic E-state index is 12.0. The number of pyridine rings is 1. The van der Waals surface area contributed by atoms with Gasteiger partial charge in [0.2, 0.25) is 0 Å². The number of rotatable bonds is 4. The molecule has 2 amide bonds. The molecule has 0 unspecified atom stereocenters. The first-order chi connectivity index (χ1) is 10.6. The number of nitrogens with one attached hydrogen (secondary N) is 1. The summed E-state index contributed by atoms with van der Waals surface area (Å²) in [5.41, 5.74) is 0.532. The monoisotopic (exact) mass is 370 g/mol. The van der Waals surface area contributed by atoms with Crippen LogP contribution in [0.1, 0.15) is 10.4 Å². The van der Waals surface area contributed by atoms with Gasteiger partial charge in [0.25, 0.3) is 5.91 Å². The number of carbonyl (C=O) groups excluding carboxylic acids is 2. The third kappa shape index (κ3) is 4.67. The molecule has 0 atom stereocenters. The second-order valence-corrected chi connectivity index (χ2v) is 5.86. The highest BCUT2D eigenvalue weighted by atomic mass is 79.9. The third-order valence-corrected chi connectivity index (χ3v) is 3.92. The molecular weight excluding hydrogens is 352 g/mol. The molecule has 0 spiro atoms. The standard InChI is InChI=1S/C14H19BrN4O3/c1-22-14(21)19-6-4-18(5-7-19)3-2-17-13(20)11-8-12(15)10-16-9-11/h8-10H,2-7H2,1H3,(H,17,20). The van der Waals surface area contributed by atoms with E-state index >= 15 is 0 Å². The maximum Gasteiger partial charge on any atom is 0.409 e. The molecule has 120 valence electrons. The highest BCUT2D eigenvalue weighted by molar-refractivity contribution is 9.10. The van der Waals surface area contributed by atoms with Gasteiger partial charge in [0.1, 0.15) is 0 Å². The SMILES string of the molecule is COC(=O)N1CCN(CCNC(=O)c2cncc(Br)c2)CC1. The maximum atomic E-state index is 12.0. The summed E-state index contributed by atoms with van der Waals surface area (Å²) >= 11 is 3.29. The van der Waals surface area contributed by atoms with Gasteiger partial charge >= 0.3 is 6.09 Å². The molecule has 1 aliphatic heterocycles. The Bertz CT molecular complexity index is 533. The fourth-order valence-electron chi connectivity index (χ4n) is 2.25. The van der Waals surface area contributed by atoms with Gasteiger partial charge in [-0.2, -0.15) is 0 Å². The highest BCUT2D eigenvalue weighted by Crippen LogP contribution is 2.09. The summed E-state index contributed by atoms with van der Waals surface area (Å²) in [6.07, 6.45) is 2.89. The van der Waals surface area contributed by atoms with Crippen molar-refractivity contribution in [3.05, 3.63) is 28.5 Å². The second kappa shape index (κ2) is 8.09. The van der Waals surface area contributed by atoms with Crippen LogP contribution < -0.4 is 5.32 Å². The quantitative estimate of drug-likeness (QED) is 0.854. The molecule has 1 saturated heterocycles. The Labute approximate surface area is 137 Å². The zero-order valence-electron chi connectivity index (χ0n) is 12.4. The molecular formula is C14H19BrN4O3. The first-order valence-corrected chi connectivity index (χ1v) is 7.83. The van der Waals surface area contributed by atoms with Crippen molar-refractivity contribution >= 4 is 27.9 Å². The Kier molecular flexibility index (Phi) is 6.14. The molecule has 1 aromatic rings. The van der Waals surface area contributed by atoms with Gasteiger partial charge in [0.15, 0.2) is 0 Å². The molecule has 0 aromatic carbocycles. The van der Waals surface area contributed by atoms with E-state index in [2.05, 4.69) is 31.1 Å². The van der Waals surface area contributed by atoms with Crippen LogP contribution in [-0.2, 0) is 4.74 Å². The summed E-state index contributed by atoms with van der Waals surface area (Å²) < 4.78 is 5.47. The van der Waals surface area contributed by atoms with Crippen LogP contribution in [0, 0.1) is 0 Å². The van der Waals surface area contributed by atoms with Crippen molar-refractivity contribution in [3.8, 4) is 0 Å². The van der Waals surface area contributed by atoms with E-state index in [9.17, 15) is 9.59 Å². The summed E-state index contributed by atoms with van der Waals surface area (Å²) in [6.45, 7) is 4.17. The van der Waals surface area contributed by atoms with E-state index in [4.69, 9.17) is 4.74 Å². The minimum absolute atomic E-state index is 0.137. The van der Waals surface area contributed by atoms with Crippen molar-refractivity contribution in [1.29, 1.82) is 0 Å². The van der Waals surface area contributed by atoms with Crippen LogP contribution in [0.5, 0.6) is 0 Å². The van der Waals surface area contributed by atoms with E-state index in [-0.39, 0.29) is 12.0 Å². The molecule has 8 heteroatoms. The molecule has 0 aliphatic carbocycles. The molecule has 22 heavy (non-hydrogen) atoms. The van der Waals surface area contributed by atoms with Crippen LogP contribution in [0.4, 0.5) is 4.79 Å². The van der Waals surface area contributed by atoms with E-state index in [0.717, 1.165) is 24.1 Å². The molecule has 2 rings (SSSR count). The topological polar surface area (TPSA) is 74.8 Å². The Morgan fingerprint density at radius 1 is 1.32 bits per heavy atom. The lowest BCUT2D eigenvalue weighted by Crippen LogP contribution is -2.50. The molecule has 1 N–H and O–H groups in total. The molecule has 1 aromatic heterocycles. The number of ether oxygens (including phenoxy) is 1. The van der Waals surface area contributed by atoms with Gasteiger partial charge in [-0.3, -0.25) is 14.7 Å². The Hall–Kier alpha value is -1.67. The molecule has 0 bridgehead atoms. The molecule has 7 nitrogen and oxygen atoms in total. The van der Waals surface area contributed by atoms with Crippen molar-refractivity contribution in [3.63, 3.8) is 0 Å². The van der Waals surface area contributed by atoms with Crippen LogP contribution in [0.3, 0.4) is 0 Å². The average Bonchev–Trinajstić information content (AvgIpc) is 2.54. The van der Waals surface area contributed by atoms with E-state index in [1.54, 1.807) is 17.2 Å². The van der Waals surface area contributed by atoms with Gasteiger partial charge in [-0.05, 0) is 22.0 Å². The van der Waals surface area contributed by atoms with E-state index in [1.807, 2.05) is 0 Å². The minimum Gasteiger partial charge on any atom is -0.453 e.